The first-order valence-electron chi connectivity index (χ1n) is 2.63. The maximum atomic E-state index is 10.3. The molecule has 3 nitrogen and oxygen atoms in total. The molecule has 0 aromatic carbocycles. The highest BCUT2D eigenvalue weighted by molar-refractivity contribution is 4.92. The first-order valence-corrected chi connectivity index (χ1v) is 2.63. The van der Waals surface area contributed by atoms with Gasteiger partial charge in [-0.25, -0.2) is 5.23 Å². The van der Waals surface area contributed by atoms with Crippen molar-refractivity contribution >= 4 is 0 Å². The largest absolute Gasteiger partial charge is 0.600 e. The number of quaternary nitrogens is 1. The lowest BCUT2D eigenvalue weighted by Gasteiger charge is -2.16. The predicted octanol–water partition coefficient (Wildman–Crippen LogP) is -0.329. The first kappa shape index (κ1) is 8.36. The van der Waals surface area contributed by atoms with Crippen LogP contribution in [-0.2, 0) is 4.84 Å². The molecule has 1 N–H and O–H groups in total. The molecule has 0 amide bonds. The SMILES string of the molecule is C=CC(C=C)O[NH+](C)[O-]. The maximum absolute atomic E-state index is 10.3. The Labute approximate surface area is 54.8 Å². The van der Waals surface area contributed by atoms with Gasteiger partial charge in [-0.15, -0.1) is 0 Å². The van der Waals surface area contributed by atoms with Gasteiger partial charge in [0.05, 0.1) is 7.05 Å². The Kier molecular flexibility index (Phi) is 3.96. The lowest BCUT2D eigenvalue weighted by Crippen LogP contribution is -3.03. The van der Waals surface area contributed by atoms with Crippen LogP contribution < -0.4 is 5.23 Å². The second-order valence-corrected chi connectivity index (χ2v) is 1.55. The fourth-order valence-corrected chi connectivity index (χ4v) is 0.384. The molecular formula is C6H11NO2. The molecule has 52 valence electrons. The van der Waals surface area contributed by atoms with E-state index in [9.17, 15) is 5.21 Å². The molecular weight excluding hydrogens is 118 g/mol. The summed E-state index contributed by atoms with van der Waals surface area (Å²) in [6.07, 6.45) is 2.67. The minimum atomic E-state index is -0.345. The van der Waals surface area contributed by atoms with Crippen molar-refractivity contribution in [2.45, 2.75) is 6.10 Å². The quantitative estimate of drug-likeness (QED) is 0.417. The second-order valence-electron chi connectivity index (χ2n) is 1.55. The summed E-state index contributed by atoms with van der Waals surface area (Å²) in [6.45, 7) is 6.87. The van der Waals surface area contributed by atoms with Crippen molar-refractivity contribution < 1.29 is 10.1 Å². The fraction of sp³-hybridized carbons (Fsp3) is 0.333. The van der Waals surface area contributed by atoms with Gasteiger partial charge in [-0.1, -0.05) is 25.3 Å². The molecule has 0 aliphatic carbocycles. The Morgan fingerprint density at radius 3 is 2.11 bits per heavy atom. The molecule has 0 saturated carbocycles. The van der Waals surface area contributed by atoms with E-state index in [1.165, 1.54) is 19.2 Å². The van der Waals surface area contributed by atoms with Crippen molar-refractivity contribution in [1.29, 1.82) is 0 Å². The predicted molar refractivity (Wildman–Crippen MR) is 35.5 cm³/mol. The van der Waals surface area contributed by atoms with E-state index in [0.29, 0.717) is 0 Å². The summed E-state index contributed by atoms with van der Waals surface area (Å²) in [5.41, 5.74) is 0. The van der Waals surface area contributed by atoms with Crippen LogP contribution in [0, 0.1) is 5.21 Å². The topological polar surface area (TPSA) is 36.7 Å². The molecule has 0 spiro atoms. The minimum absolute atomic E-state index is 0.320. The summed E-state index contributed by atoms with van der Waals surface area (Å²) in [7, 11) is 1.35. The van der Waals surface area contributed by atoms with Gasteiger partial charge >= 0.3 is 0 Å². The maximum Gasteiger partial charge on any atom is 0.153 e. The molecule has 0 saturated heterocycles. The molecule has 0 fully saturated rings. The van der Waals surface area contributed by atoms with Gasteiger partial charge in [-0.05, 0) is 0 Å². The zero-order chi connectivity index (χ0) is 7.28. The van der Waals surface area contributed by atoms with Crippen LogP contribution in [-0.4, -0.2) is 13.2 Å². The Hall–Kier alpha value is -0.640. The smallest absolute Gasteiger partial charge is 0.153 e. The van der Waals surface area contributed by atoms with Gasteiger partial charge < -0.3 is 5.21 Å². The zero-order valence-electron chi connectivity index (χ0n) is 5.46. The van der Waals surface area contributed by atoms with Gasteiger partial charge in [0.1, 0.15) is 0 Å². The molecule has 3 heteroatoms. The standard InChI is InChI=1S/C6H11NO2/c1-4-6(5-2)9-7(3)8/h4-7H,1-2H2,3H3. The average Bonchev–Trinajstić information content (AvgIpc) is 1.82. The van der Waals surface area contributed by atoms with E-state index in [0.717, 1.165) is 0 Å². The Bertz CT molecular complexity index is 93.2. The average molecular weight is 129 g/mol. The number of hydrogen-bond donors (Lipinski definition) is 1. The molecule has 0 heterocycles. The van der Waals surface area contributed by atoms with E-state index in [4.69, 9.17) is 0 Å². The first-order chi connectivity index (χ1) is 4.20. The van der Waals surface area contributed by atoms with Crippen molar-refractivity contribution in [2.75, 3.05) is 7.05 Å². The molecule has 9 heavy (non-hydrogen) atoms. The van der Waals surface area contributed by atoms with Gasteiger partial charge in [0.25, 0.3) is 0 Å². The van der Waals surface area contributed by atoms with Gasteiger partial charge in [-0.3, -0.25) is 0 Å². The summed E-state index contributed by atoms with van der Waals surface area (Å²) < 4.78 is 0. The third kappa shape index (κ3) is 3.90. The van der Waals surface area contributed by atoms with E-state index < -0.39 is 0 Å². The fourth-order valence-electron chi connectivity index (χ4n) is 0.384. The summed E-state index contributed by atoms with van der Waals surface area (Å²) >= 11 is 0. The van der Waals surface area contributed by atoms with E-state index in [-0.39, 0.29) is 11.3 Å². The molecule has 1 unspecified atom stereocenters. The molecule has 0 rings (SSSR count). The lowest BCUT2D eigenvalue weighted by molar-refractivity contribution is -1.04. The van der Waals surface area contributed by atoms with Crippen molar-refractivity contribution in [2.24, 2.45) is 0 Å². The Balaban J connectivity index is 3.55. The number of nitrogens with one attached hydrogen (secondary N) is 1. The minimum Gasteiger partial charge on any atom is -0.600 e. The molecule has 0 bridgehead atoms. The molecule has 0 aliphatic heterocycles. The number of hydrogen-bond acceptors (Lipinski definition) is 2. The molecule has 0 aromatic rings. The molecule has 0 radical (unpaired) electrons. The van der Waals surface area contributed by atoms with Crippen LogP contribution in [0.4, 0.5) is 0 Å². The van der Waals surface area contributed by atoms with Crippen molar-refractivity contribution in [3.8, 4) is 0 Å². The van der Waals surface area contributed by atoms with Crippen LogP contribution in [0.5, 0.6) is 0 Å². The van der Waals surface area contributed by atoms with Crippen LogP contribution in [0.3, 0.4) is 0 Å². The van der Waals surface area contributed by atoms with Crippen LogP contribution in [0.1, 0.15) is 0 Å². The van der Waals surface area contributed by atoms with E-state index in [2.05, 4.69) is 18.0 Å². The van der Waals surface area contributed by atoms with Gasteiger partial charge in [-0.2, -0.15) is 4.84 Å². The molecule has 0 aromatic heterocycles. The van der Waals surface area contributed by atoms with E-state index in [1.54, 1.807) is 0 Å². The second kappa shape index (κ2) is 4.26. The molecule has 1 atom stereocenters. The van der Waals surface area contributed by atoms with Gasteiger partial charge in [0.2, 0.25) is 0 Å². The van der Waals surface area contributed by atoms with Crippen LogP contribution >= 0.6 is 0 Å². The lowest BCUT2D eigenvalue weighted by atomic mass is 10.4. The highest BCUT2D eigenvalue weighted by Gasteiger charge is 1.99. The summed E-state index contributed by atoms with van der Waals surface area (Å²) in [5, 5.41) is 9.93. The third-order valence-electron chi connectivity index (χ3n) is 0.767. The number of rotatable bonds is 4. The highest BCUT2D eigenvalue weighted by atomic mass is 16.9. The Morgan fingerprint density at radius 1 is 1.56 bits per heavy atom. The van der Waals surface area contributed by atoms with Gasteiger partial charge in [0, 0.05) is 0 Å². The normalized spacial score (nSPS) is 13.2. The summed E-state index contributed by atoms with van der Waals surface area (Å²) in [4.78, 5) is 4.67. The van der Waals surface area contributed by atoms with Crippen molar-refractivity contribution in [3.05, 3.63) is 30.5 Å². The Morgan fingerprint density at radius 2 is 2.00 bits per heavy atom. The van der Waals surface area contributed by atoms with E-state index >= 15 is 0 Å². The monoisotopic (exact) mass is 129 g/mol. The third-order valence-corrected chi connectivity index (χ3v) is 0.767. The van der Waals surface area contributed by atoms with Crippen LogP contribution in [0.15, 0.2) is 25.3 Å². The summed E-state index contributed by atoms with van der Waals surface area (Å²) in [5.74, 6) is 0. The van der Waals surface area contributed by atoms with Gasteiger partial charge in [0.15, 0.2) is 6.10 Å². The zero-order valence-corrected chi connectivity index (χ0v) is 5.46. The van der Waals surface area contributed by atoms with Crippen molar-refractivity contribution in [3.63, 3.8) is 0 Å². The number of hydroxylamine groups is 2. The molecule has 0 aliphatic rings. The van der Waals surface area contributed by atoms with E-state index in [1.807, 2.05) is 0 Å². The summed E-state index contributed by atoms with van der Waals surface area (Å²) in [6, 6.07) is 0. The van der Waals surface area contributed by atoms with Crippen molar-refractivity contribution in [1.82, 2.24) is 0 Å². The van der Waals surface area contributed by atoms with Crippen LogP contribution in [0.2, 0.25) is 0 Å². The highest BCUT2D eigenvalue weighted by Crippen LogP contribution is 1.86. The van der Waals surface area contributed by atoms with Crippen LogP contribution in [0.25, 0.3) is 0 Å².